The van der Waals surface area contributed by atoms with Gasteiger partial charge in [0.15, 0.2) is 5.69 Å². The number of hydrogen-bond acceptors (Lipinski definition) is 3. The van der Waals surface area contributed by atoms with Crippen LogP contribution in [0, 0.1) is 5.82 Å². The predicted octanol–water partition coefficient (Wildman–Crippen LogP) is 4.00. The van der Waals surface area contributed by atoms with Crippen molar-refractivity contribution in [3.8, 4) is 11.3 Å². The third-order valence-corrected chi connectivity index (χ3v) is 2.75. The molecule has 0 saturated heterocycles. The van der Waals surface area contributed by atoms with Crippen LogP contribution in [0.5, 0.6) is 0 Å². The highest BCUT2D eigenvalue weighted by atomic mass is 35.5. The van der Waals surface area contributed by atoms with Crippen LogP contribution in [0.15, 0.2) is 24.3 Å². The van der Waals surface area contributed by atoms with Crippen LogP contribution in [0.4, 0.5) is 23.5 Å². The van der Waals surface area contributed by atoms with Crippen molar-refractivity contribution in [2.45, 2.75) is 6.18 Å². The lowest BCUT2D eigenvalue weighted by Crippen LogP contribution is -2.11. The Labute approximate surface area is 116 Å². The summed E-state index contributed by atoms with van der Waals surface area (Å²) in [5.41, 5.74) is -0.827. The molecule has 0 unspecified atom stereocenters. The zero-order valence-corrected chi connectivity index (χ0v) is 10.8. The second kappa shape index (κ2) is 5.24. The maximum atomic E-state index is 13.1. The molecule has 106 valence electrons. The van der Waals surface area contributed by atoms with Crippen molar-refractivity contribution in [2.75, 3.05) is 12.4 Å². The molecule has 0 amide bonds. The zero-order valence-electron chi connectivity index (χ0n) is 10.1. The van der Waals surface area contributed by atoms with E-state index in [9.17, 15) is 17.6 Å². The molecule has 20 heavy (non-hydrogen) atoms. The topological polar surface area (TPSA) is 37.8 Å². The van der Waals surface area contributed by atoms with E-state index in [2.05, 4.69) is 15.3 Å². The van der Waals surface area contributed by atoms with Crippen molar-refractivity contribution >= 4 is 17.5 Å². The minimum Gasteiger partial charge on any atom is -0.357 e. The first-order chi connectivity index (χ1) is 9.31. The molecule has 1 N–H and O–H groups in total. The van der Waals surface area contributed by atoms with Gasteiger partial charge in [0.25, 0.3) is 0 Å². The largest absolute Gasteiger partial charge is 0.433 e. The Balaban J connectivity index is 2.58. The van der Waals surface area contributed by atoms with Crippen molar-refractivity contribution in [1.29, 1.82) is 0 Å². The summed E-state index contributed by atoms with van der Waals surface area (Å²) in [6.45, 7) is 0. The van der Waals surface area contributed by atoms with Crippen LogP contribution in [-0.4, -0.2) is 17.0 Å². The van der Waals surface area contributed by atoms with E-state index in [1.165, 1.54) is 19.2 Å². The number of anilines is 1. The van der Waals surface area contributed by atoms with Crippen LogP contribution < -0.4 is 5.32 Å². The van der Waals surface area contributed by atoms with Gasteiger partial charge in [-0.1, -0.05) is 11.6 Å². The van der Waals surface area contributed by atoms with Gasteiger partial charge < -0.3 is 5.32 Å². The first-order valence-corrected chi connectivity index (χ1v) is 5.78. The van der Waals surface area contributed by atoms with Gasteiger partial charge in [0.1, 0.15) is 5.82 Å². The quantitative estimate of drug-likeness (QED) is 0.852. The van der Waals surface area contributed by atoms with Crippen molar-refractivity contribution in [2.24, 2.45) is 0 Å². The fraction of sp³-hybridized carbons (Fsp3) is 0.167. The molecule has 8 heteroatoms. The van der Waals surface area contributed by atoms with Crippen LogP contribution in [0.3, 0.4) is 0 Å². The number of rotatable bonds is 2. The maximum Gasteiger partial charge on any atom is 0.433 e. The van der Waals surface area contributed by atoms with Crippen LogP contribution in [0.25, 0.3) is 11.3 Å². The minimum absolute atomic E-state index is 0.00132. The number of nitrogens with one attached hydrogen (secondary N) is 1. The number of aromatic nitrogens is 2. The van der Waals surface area contributed by atoms with Gasteiger partial charge in [-0.3, -0.25) is 0 Å². The molecule has 2 rings (SSSR count). The van der Waals surface area contributed by atoms with Gasteiger partial charge in [-0.05, 0) is 24.3 Å². The summed E-state index contributed by atoms with van der Waals surface area (Å²) in [5, 5.41) is 2.25. The highest BCUT2D eigenvalue weighted by Crippen LogP contribution is 2.32. The number of hydrogen-bond donors (Lipinski definition) is 1. The molecule has 0 fully saturated rings. The fourth-order valence-corrected chi connectivity index (χ4v) is 1.69. The van der Waals surface area contributed by atoms with Gasteiger partial charge in [-0.2, -0.15) is 13.2 Å². The Morgan fingerprint density at radius 1 is 1.15 bits per heavy atom. The van der Waals surface area contributed by atoms with Crippen LogP contribution in [0.1, 0.15) is 5.69 Å². The molecule has 1 aromatic heterocycles. The Hall–Kier alpha value is -1.89. The summed E-state index contributed by atoms with van der Waals surface area (Å²) in [6, 6.07) is 4.35. The molecule has 0 aliphatic rings. The van der Waals surface area contributed by atoms with Gasteiger partial charge in [0.2, 0.25) is 5.95 Å². The number of halogens is 5. The number of nitrogens with zero attached hydrogens (tertiary/aromatic N) is 2. The van der Waals surface area contributed by atoms with Crippen LogP contribution in [-0.2, 0) is 6.18 Å². The Kier molecular flexibility index (Phi) is 3.80. The molecule has 0 spiro atoms. The van der Waals surface area contributed by atoms with Gasteiger partial charge in [-0.15, -0.1) is 0 Å². The maximum absolute atomic E-state index is 13.1. The Bertz CT molecular complexity index is 643. The first-order valence-electron chi connectivity index (χ1n) is 5.40. The third kappa shape index (κ3) is 2.98. The summed E-state index contributed by atoms with van der Waals surface area (Å²) >= 11 is 5.61. The first kappa shape index (κ1) is 14.5. The van der Waals surface area contributed by atoms with Gasteiger partial charge in [0.05, 0.1) is 10.7 Å². The molecule has 0 radical (unpaired) electrons. The van der Waals surface area contributed by atoms with Crippen LogP contribution in [0.2, 0.25) is 5.02 Å². The average Bonchev–Trinajstić information content (AvgIpc) is 2.40. The molecular formula is C12H8ClF4N3. The van der Waals surface area contributed by atoms with Gasteiger partial charge >= 0.3 is 6.18 Å². The van der Waals surface area contributed by atoms with Gasteiger partial charge in [-0.25, -0.2) is 14.4 Å². The monoisotopic (exact) mass is 305 g/mol. The predicted molar refractivity (Wildman–Crippen MR) is 67.0 cm³/mol. The van der Waals surface area contributed by atoms with Crippen molar-refractivity contribution in [3.05, 3.63) is 40.8 Å². The minimum atomic E-state index is -4.60. The van der Waals surface area contributed by atoms with Crippen molar-refractivity contribution in [3.63, 3.8) is 0 Å². The second-order valence-corrected chi connectivity index (χ2v) is 4.25. The normalized spacial score (nSPS) is 11.5. The van der Waals surface area contributed by atoms with E-state index in [0.717, 1.165) is 12.1 Å². The average molecular weight is 306 g/mol. The van der Waals surface area contributed by atoms with E-state index in [-0.39, 0.29) is 22.2 Å². The molecule has 3 nitrogen and oxygen atoms in total. The van der Waals surface area contributed by atoms with E-state index in [0.29, 0.717) is 0 Å². The lowest BCUT2D eigenvalue weighted by atomic mass is 10.1. The second-order valence-electron chi connectivity index (χ2n) is 3.84. The fourth-order valence-electron chi connectivity index (χ4n) is 1.51. The summed E-state index contributed by atoms with van der Waals surface area (Å²) in [7, 11) is 1.40. The number of benzene rings is 1. The Morgan fingerprint density at radius 3 is 2.40 bits per heavy atom. The van der Waals surface area contributed by atoms with Crippen LogP contribution >= 0.6 is 11.6 Å². The smallest absolute Gasteiger partial charge is 0.357 e. The summed E-state index contributed by atoms with van der Waals surface area (Å²) < 4.78 is 51.3. The van der Waals surface area contributed by atoms with E-state index in [1.54, 1.807) is 0 Å². The standard InChI is InChI=1S/C12H8ClF4N3/c1-18-11-19-9(5-10(20-11)12(15,16)17)6-2-3-8(14)7(13)4-6/h2-5H,1H3,(H,18,19,20). The van der Waals surface area contributed by atoms with Crippen molar-refractivity contribution < 1.29 is 17.6 Å². The third-order valence-electron chi connectivity index (χ3n) is 2.46. The molecular weight excluding hydrogens is 298 g/mol. The highest BCUT2D eigenvalue weighted by molar-refractivity contribution is 6.31. The SMILES string of the molecule is CNc1nc(-c2ccc(F)c(Cl)c2)cc(C(F)(F)F)n1. The van der Waals surface area contributed by atoms with E-state index in [1.807, 2.05) is 0 Å². The van der Waals surface area contributed by atoms with E-state index in [4.69, 9.17) is 11.6 Å². The van der Waals surface area contributed by atoms with E-state index < -0.39 is 17.7 Å². The van der Waals surface area contributed by atoms with Gasteiger partial charge in [0, 0.05) is 12.6 Å². The summed E-state index contributed by atoms with van der Waals surface area (Å²) in [4.78, 5) is 7.24. The lowest BCUT2D eigenvalue weighted by Gasteiger charge is -2.10. The molecule has 0 saturated carbocycles. The Morgan fingerprint density at radius 2 is 1.85 bits per heavy atom. The molecule has 0 aliphatic carbocycles. The molecule has 0 aliphatic heterocycles. The molecule has 0 bridgehead atoms. The molecule has 2 aromatic rings. The lowest BCUT2D eigenvalue weighted by molar-refractivity contribution is -0.141. The number of alkyl halides is 3. The highest BCUT2D eigenvalue weighted by Gasteiger charge is 2.33. The van der Waals surface area contributed by atoms with Crippen molar-refractivity contribution in [1.82, 2.24) is 9.97 Å². The molecule has 0 atom stereocenters. The summed E-state index contributed by atoms with van der Waals surface area (Å²) in [5.74, 6) is -0.843. The molecule has 1 heterocycles. The summed E-state index contributed by atoms with van der Waals surface area (Å²) in [6.07, 6.45) is -4.60. The zero-order chi connectivity index (χ0) is 14.9. The molecule has 1 aromatic carbocycles. The van der Waals surface area contributed by atoms with E-state index >= 15 is 0 Å².